The summed E-state index contributed by atoms with van der Waals surface area (Å²) >= 11 is 1.65. The molecule has 2 heteroatoms. The van der Waals surface area contributed by atoms with Gasteiger partial charge < -0.3 is 0 Å². The minimum atomic E-state index is -0.0375. The van der Waals surface area contributed by atoms with Crippen molar-refractivity contribution in [2.45, 2.75) is 20.8 Å². The Morgan fingerprint density at radius 2 is 1.91 bits per heavy atom. The highest BCUT2D eigenvalue weighted by molar-refractivity contribution is 8.17. The first-order valence-corrected chi connectivity index (χ1v) is 4.38. The van der Waals surface area contributed by atoms with Crippen molar-refractivity contribution in [1.82, 2.24) is 0 Å². The third-order valence-electron chi connectivity index (χ3n) is 1.98. The topological polar surface area (TPSA) is 12.4 Å². The second-order valence-electron chi connectivity index (χ2n) is 3.23. The van der Waals surface area contributed by atoms with Crippen LogP contribution in [0.5, 0.6) is 0 Å². The lowest BCUT2D eigenvalue weighted by molar-refractivity contribution is 0.564. The monoisotopic (exact) mass is 167 g/mol. The SMILES string of the molecule is C=C1N=C(C)SC(=C)C1(C)C. The van der Waals surface area contributed by atoms with Gasteiger partial charge in [-0.25, -0.2) is 0 Å². The summed E-state index contributed by atoms with van der Waals surface area (Å²) in [5.74, 6) is 0. The zero-order valence-electron chi connectivity index (χ0n) is 7.27. The van der Waals surface area contributed by atoms with Crippen LogP contribution in [0.15, 0.2) is 28.8 Å². The molecule has 0 saturated carbocycles. The van der Waals surface area contributed by atoms with Crippen LogP contribution in [-0.2, 0) is 0 Å². The maximum absolute atomic E-state index is 4.31. The van der Waals surface area contributed by atoms with Gasteiger partial charge in [-0.05, 0) is 25.7 Å². The number of rotatable bonds is 0. The zero-order chi connectivity index (χ0) is 8.65. The average molecular weight is 167 g/mol. The Morgan fingerprint density at radius 1 is 1.36 bits per heavy atom. The van der Waals surface area contributed by atoms with Crippen molar-refractivity contribution < 1.29 is 0 Å². The molecule has 0 fully saturated rings. The standard InChI is InChI=1S/C9H13NS/c1-6-9(4,5)7(2)11-8(3)10-6/h1-2H2,3-5H3. The van der Waals surface area contributed by atoms with Crippen molar-refractivity contribution in [3.8, 4) is 0 Å². The summed E-state index contributed by atoms with van der Waals surface area (Å²) in [6.07, 6.45) is 0. The molecule has 0 atom stereocenters. The number of hydrogen-bond acceptors (Lipinski definition) is 2. The maximum atomic E-state index is 4.31. The van der Waals surface area contributed by atoms with E-state index < -0.39 is 0 Å². The van der Waals surface area contributed by atoms with Gasteiger partial charge >= 0.3 is 0 Å². The summed E-state index contributed by atoms with van der Waals surface area (Å²) in [7, 11) is 0. The van der Waals surface area contributed by atoms with Gasteiger partial charge in [-0.3, -0.25) is 4.99 Å². The Hall–Kier alpha value is -0.500. The fraction of sp³-hybridized carbons (Fsp3) is 0.444. The van der Waals surface area contributed by atoms with Gasteiger partial charge in [0, 0.05) is 11.1 Å². The van der Waals surface area contributed by atoms with Crippen molar-refractivity contribution in [3.05, 3.63) is 23.8 Å². The van der Waals surface area contributed by atoms with Gasteiger partial charge in [0.05, 0.1) is 5.04 Å². The van der Waals surface area contributed by atoms with Crippen molar-refractivity contribution in [2.24, 2.45) is 10.4 Å². The van der Waals surface area contributed by atoms with Crippen molar-refractivity contribution in [1.29, 1.82) is 0 Å². The predicted molar refractivity (Wildman–Crippen MR) is 52.8 cm³/mol. The second kappa shape index (κ2) is 2.52. The normalized spacial score (nSPS) is 23.4. The molecule has 1 aliphatic heterocycles. The van der Waals surface area contributed by atoms with E-state index in [1.807, 2.05) is 6.92 Å². The Morgan fingerprint density at radius 3 is 2.36 bits per heavy atom. The van der Waals surface area contributed by atoms with Gasteiger partial charge in [0.1, 0.15) is 0 Å². The van der Waals surface area contributed by atoms with Gasteiger partial charge in [-0.1, -0.05) is 24.9 Å². The van der Waals surface area contributed by atoms with Crippen LogP contribution in [0.25, 0.3) is 0 Å². The molecule has 0 unspecified atom stereocenters. The van der Waals surface area contributed by atoms with Crippen LogP contribution in [0.2, 0.25) is 0 Å². The summed E-state index contributed by atoms with van der Waals surface area (Å²) < 4.78 is 0. The van der Waals surface area contributed by atoms with Gasteiger partial charge in [0.15, 0.2) is 0 Å². The van der Waals surface area contributed by atoms with Crippen molar-refractivity contribution >= 4 is 16.8 Å². The number of hydrogen-bond donors (Lipinski definition) is 0. The zero-order valence-corrected chi connectivity index (χ0v) is 8.09. The maximum Gasteiger partial charge on any atom is 0.0748 e. The Kier molecular flexibility index (Phi) is 1.97. The highest BCUT2D eigenvalue weighted by Crippen LogP contribution is 2.44. The van der Waals surface area contributed by atoms with Gasteiger partial charge in [-0.2, -0.15) is 0 Å². The minimum Gasteiger partial charge on any atom is -0.251 e. The molecule has 0 amide bonds. The molecule has 0 spiro atoms. The van der Waals surface area contributed by atoms with E-state index in [0.717, 1.165) is 15.6 Å². The number of allylic oxidation sites excluding steroid dienone is 1. The van der Waals surface area contributed by atoms with Crippen LogP contribution < -0.4 is 0 Å². The molecule has 0 saturated heterocycles. The lowest BCUT2D eigenvalue weighted by Gasteiger charge is -2.30. The summed E-state index contributed by atoms with van der Waals surface area (Å²) in [5.41, 5.74) is 0.878. The fourth-order valence-electron chi connectivity index (χ4n) is 0.819. The molecule has 60 valence electrons. The summed E-state index contributed by atoms with van der Waals surface area (Å²) in [4.78, 5) is 5.44. The fourth-order valence-corrected chi connectivity index (χ4v) is 1.70. The first-order chi connectivity index (χ1) is 4.94. The molecule has 1 nitrogen and oxygen atoms in total. The highest BCUT2D eigenvalue weighted by atomic mass is 32.2. The van der Waals surface area contributed by atoms with E-state index in [2.05, 4.69) is 32.0 Å². The Balaban J connectivity index is 3.06. The smallest absolute Gasteiger partial charge is 0.0748 e. The van der Waals surface area contributed by atoms with Gasteiger partial charge in [0.25, 0.3) is 0 Å². The molecular formula is C9H13NS. The van der Waals surface area contributed by atoms with Crippen molar-refractivity contribution in [3.63, 3.8) is 0 Å². The molecule has 0 aromatic heterocycles. The number of thioether (sulfide) groups is 1. The van der Waals surface area contributed by atoms with E-state index in [1.165, 1.54) is 0 Å². The molecule has 0 aromatic rings. The highest BCUT2D eigenvalue weighted by Gasteiger charge is 2.29. The van der Waals surface area contributed by atoms with Gasteiger partial charge in [0.2, 0.25) is 0 Å². The van der Waals surface area contributed by atoms with Crippen LogP contribution in [0.4, 0.5) is 0 Å². The van der Waals surface area contributed by atoms with E-state index in [0.29, 0.717) is 0 Å². The Bertz CT molecular complexity index is 248. The van der Waals surface area contributed by atoms with E-state index in [-0.39, 0.29) is 5.41 Å². The van der Waals surface area contributed by atoms with Crippen molar-refractivity contribution in [2.75, 3.05) is 0 Å². The Labute approximate surface area is 72.3 Å². The quantitative estimate of drug-likeness (QED) is 0.539. The molecule has 0 aliphatic carbocycles. The van der Waals surface area contributed by atoms with E-state index in [1.54, 1.807) is 11.8 Å². The van der Waals surface area contributed by atoms with Crippen LogP contribution in [-0.4, -0.2) is 5.04 Å². The largest absolute Gasteiger partial charge is 0.251 e. The number of nitrogens with zero attached hydrogens (tertiary/aromatic N) is 1. The van der Waals surface area contributed by atoms with Crippen LogP contribution in [0, 0.1) is 5.41 Å². The van der Waals surface area contributed by atoms with Gasteiger partial charge in [-0.15, -0.1) is 0 Å². The summed E-state index contributed by atoms with van der Waals surface area (Å²) in [6, 6.07) is 0. The summed E-state index contributed by atoms with van der Waals surface area (Å²) in [6.45, 7) is 14.1. The summed E-state index contributed by atoms with van der Waals surface area (Å²) in [5, 5.41) is 1.04. The molecule has 0 bridgehead atoms. The third kappa shape index (κ3) is 1.41. The van der Waals surface area contributed by atoms with E-state index in [9.17, 15) is 0 Å². The van der Waals surface area contributed by atoms with E-state index in [4.69, 9.17) is 0 Å². The lowest BCUT2D eigenvalue weighted by atomic mass is 9.90. The van der Waals surface area contributed by atoms with Crippen LogP contribution in [0.1, 0.15) is 20.8 Å². The molecule has 0 radical (unpaired) electrons. The molecular weight excluding hydrogens is 154 g/mol. The average Bonchev–Trinajstić information content (AvgIpc) is 1.84. The van der Waals surface area contributed by atoms with Crippen LogP contribution in [0.3, 0.4) is 0 Å². The second-order valence-corrected chi connectivity index (χ2v) is 4.52. The molecule has 11 heavy (non-hydrogen) atoms. The van der Waals surface area contributed by atoms with E-state index >= 15 is 0 Å². The molecule has 0 N–H and O–H groups in total. The first kappa shape index (κ1) is 8.60. The predicted octanol–water partition coefficient (Wildman–Crippen LogP) is 3.21. The lowest BCUT2D eigenvalue weighted by Crippen LogP contribution is -2.18. The minimum absolute atomic E-state index is 0.0375. The molecule has 1 rings (SSSR count). The van der Waals surface area contributed by atoms with Crippen LogP contribution >= 0.6 is 11.8 Å². The number of aliphatic imine (C=N–C) groups is 1. The molecule has 0 aromatic carbocycles. The first-order valence-electron chi connectivity index (χ1n) is 3.56. The molecule has 1 heterocycles. The third-order valence-corrected chi connectivity index (χ3v) is 3.13. The molecule has 1 aliphatic rings.